The molecule has 3 N–H and O–H groups in total. The molecule has 2 nitrogen and oxygen atoms in total. The smallest absolute Gasteiger partial charge is 0.397 e. The summed E-state index contributed by atoms with van der Waals surface area (Å²) >= 11 is 1.47. The molecule has 0 unspecified atom stereocenters. The van der Waals surface area contributed by atoms with E-state index in [2.05, 4.69) is 15.9 Å². The number of nitrogens with two attached hydrogens (primary N) is 1. The quantitative estimate of drug-likeness (QED) is 0.390. The van der Waals surface area contributed by atoms with Crippen molar-refractivity contribution < 1.29 is 44.6 Å². The number of aliphatic hydroxyl groups is 1. The Morgan fingerprint density at radius 2 is 1.35 bits per heavy atom. The predicted molar refractivity (Wildman–Crippen MR) is 66.5 cm³/mol. The van der Waals surface area contributed by atoms with E-state index in [9.17, 15) is 44.6 Å². The van der Waals surface area contributed by atoms with E-state index in [0.29, 0.717) is 0 Å². The molecular weight excluding hydrogens is 433 g/mol. The largest absolute Gasteiger partial charge is 0.446 e. The predicted octanol–water partition coefficient (Wildman–Crippen LogP) is 4.96. The highest BCUT2D eigenvalue weighted by Gasteiger charge is 2.71. The molecule has 0 aliphatic carbocycles. The molecule has 0 aliphatic heterocycles. The zero-order valence-electron chi connectivity index (χ0n) is 10.4. The highest BCUT2D eigenvalue weighted by molar-refractivity contribution is 9.10. The van der Waals surface area contributed by atoms with E-state index in [1.54, 1.807) is 0 Å². The molecule has 1 rings (SSSR count). The van der Waals surface area contributed by atoms with Crippen LogP contribution in [0.4, 0.5) is 45.2 Å². The van der Waals surface area contributed by atoms with Gasteiger partial charge in [0.05, 0.1) is 5.69 Å². The van der Waals surface area contributed by atoms with Crippen LogP contribution in [0.5, 0.6) is 0 Å². The SMILES string of the molecule is Nc1c(Br)cc(C(O)(C(F)(F)F)C(F)(F)F)cc1SC(F)(F)F. The zero-order chi connectivity index (χ0) is 18.4. The van der Waals surface area contributed by atoms with Crippen LogP contribution in [0.25, 0.3) is 0 Å². The molecule has 0 aromatic heterocycles. The van der Waals surface area contributed by atoms with Gasteiger partial charge in [-0.3, -0.25) is 0 Å². The van der Waals surface area contributed by atoms with Gasteiger partial charge in [-0.15, -0.1) is 0 Å². The Kier molecular flexibility index (Phi) is 5.20. The topological polar surface area (TPSA) is 46.2 Å². The first-order chi connectivity index (χ1) is 10.0. The lowest BCUT2D eigenvalue weighted by Gasteiger charge is -2.33. The molecule has 0 amide bonds. The van der Waals surface area contributed by atoms with Crippen molar-refractivity contribution in [1.82, 2.24) is 0 Å². The van der Waals surface area contributed by atoms with Crippen LogP contribution in [-0.2, 0) is 5.60 Å². The molecule has 0 fully saturated rings. The Labute approximate surface area is 135 Å². The molecule has 1 aromatic rings. The number of anilines is 1. The fourth-order valence-electron chi connectivity index (χ4n) is 1.50. The number of hydrogen-bond donors (Lipinski definition) is 2. The highest BCUT2D eigenvalue weighted by atomic mass is 79.9. The number of benzene rings is 1. The van der Waals surface area contributed by atoms with Crippen molar-refractivity contribution in [2.24, 2.45) is 0 Å². The molecule has 132 valence electrons. The first-order valence-electron chi connectivity index (χ1n) is 5.22. The zero-order valence-corrected chi connectivity index (χ0v) is 12.8. The van der Waals surface area contributed by atoms with Gasteiger partial charge >= 0.3 is 17.9 Å². The fraction of sp³-hybridized carbons (Fsp3) is 0.400. The molecule has 0 aliphatic rings. The van der Waals surface area contributed by atoms with Gasteiger partial charge in [0.25, 0.3) is 5.60 Å². The van der Waals surface area contributed by atoms with E-state index < -0.39 is 55.8 Å². The van der Waals surface area contributed by atoms with Gasteiger partial charge in [-0.25, -0.2) is 0 Å². The molecule has 13 heteroatoms. The fourth-order valence-corrected chi connectivity index (χ4v) is 2.75. The summed E-state index contributed by atoms with van der Waals surface area (Å²) in [5, 5.41) is 9.19. The maximum Gasteiger partial charge on any atom is 0.446 e. The first-order valence-corrected chi connectivity index (χ1v) is 6.82. The van der Waals surface area contributed by atoms with Crippen LogP contribution < -0.4 is 5.73 Å². The van der Waals surface area contributed by atoms with Gasteiger partial charge in [-0.05, 0) is 39.8 Å². The summed E-state index contributed by atoms with van der Waals surface area (Å²) < 4.78 is 113. The minimum Gasteiger partial charge on any atom is -0.397 e. The van der Waals surface area contributed by atoms with Crippen molar-refractivity contribution in [2.45, 2.75) is 28.4 Å². The molecular formula is C10H5BrF9NOS. The number of halogens is 10. The summed E-state index contributed by atoms with van der Waals surface area (Å²) in [7, 11) is 0. The molecule has 0 saturated carbocycles. The minimum absolute atomic E-state index is 0.0980. The summed E-state index contributed by atoms with van der Waals surface area (Å²) in [6.07, 6.45) is -12.4. The molecule has 0 atom stereocenters. The summed E-state index contributed by atoms with van der Waals surface area (Å²) in [4.78, 5) is -1.12. The molecule has 1 aromatic carbocycles. The highest BCUT2D eigenvalue weighted by Crippen LogP contribution is 2.52. The van der Waals surface area contributed by atoms with Gasteiger partial charge in [-0.2, -0.15) is 39.5 Å². The number of nitrogen functional groups attached to an aromatic ring is 1. The average Bonchev–Trinajstić information content (AvgIpc) is 2.29. The molecule has 23 heavy (non-hydrogen) atoms. The van der Waals surface area contributed by atoms with Crippen molar-refractivity contribution in [1.29, 1.82) is 0 Å². The summed E-state index contributed by atoms with van der Waals surface area (Å²) in [6, 6.07) is 0.0655. The van der Waals surface area contributed by atoms with Gasteiger partial charge in [0.1, 0.15) is 0 Å². The van der Waals surface area contributed by atoms with Crippen molar-refractivity contribution >= 4 is 33.4 Å². The molecule has 0 saturated heterocycles. The summed E-state index contributed by atoms with van der Waals surface area (Å²) in [6.45, 7) is 0. The van der Waals surface area contributed by atoms with Crippen LogP contribution in [0, 0.1) is 0 Å². The number of hydrogen-bond acceptors (Lipinski definition) is 3. The van der Waals surface area contributed by atoms with Crippen LogP contribution >= 0.6 is 27.7 Å². The lowest BCUT2D eigenvalue weighted by atomic mass is 9.92. The molecule has 0 spiro atoms. The van der Waals surface area contributed by atoms with E-state index in [1.807, 2.05) is 0 Å². The van der Waals surface area contributed by atoms with E-state index in [4.69, 9.17) is 5.73 Å². The second-order valence-corrected chi connectivity index (χ2v) is 6.08. The van der Waals surface area contributed by atoms with Crippen molar-refractivity contribution in [3.63, 3.8) is 0 Å². The van der Waals surface area contributed by atoms with Crippen LogP contribution in [0.2, 0.25) is 0 Å². The lowest BCUT2D eigenvalue weighted by Crippen LogP contribution is -2.54. The molecule has 0 bridgehead atoms. The Morgan fingerprint density at radius 3 is 1.70 bits per heavy atom. The van der Waals surface area contributed by atoms with Crippen LogP contribution in [0.1, 0.15) is 5.56 Å². The van der Waals surface area contributed by atoms with Gasteiger partial charge < -0.3 is 10.8 Å². The second kappa shape index (κ2) is 5.92. The number of rotatable bonds is 2. The van der Waals surface area contributed by atoms with E-state index in [0.717, 1.165) is 0 Å². The van der Waals surface area contributed by atoms with Crippen molar-refractivity contribution in [3.8, 4) is 0 Å². The summed E-state index contributed by atoms with van der Waals surface area (Å²) in [5.74, 6) is 0. The first kappa shape index (κ1) is 20.2. The van der Waals surface area contributed by atoms with Crippen molar-refractivity contribution in [2.75, 3.05) is 5.73 Å². The molecule has 0 radical (unpaired) electrons. The Balaban J connectivity index is 3.64. The van der Waals surface area contributed by atoms with Crippen LogP contribution in [-0.4, -0.2) is 23.0 Å². The van der Waals surface area contributed by atoms with Crippen LogP contribution in [0.15, 0.2) is 21.5 Å². The average molecular weight is 438 g/mol. The van der Waals surface area contributed by atoms with Gasteiger partial charge in [-0.1, -0.05) is 0 Å². The second-order valence-electron chi connectivity index (χ2n) is 4.12. The standard InChI is InChI=1S/C10H5BrF9NOS/c11-4-1-3(2-5(6(4)21)23-10(18,19)20)7(22,8(12,13)14)9(15,16)17/h1-2,22H,21H2. The lowest BCUT2D eigenvalue weighted by molar-refractivity contribution is -0.376. The van der Waals surface area contributed by atoms with E-state index >= 15 is 0 Å². The minimum atomic E-state index is -6.22. The summed E-state index contributed by atoms with van der Waals surface area (Å²) in [5.41, 5.74) is -7.72. The normalized spacial score (nSPS) is 14.2. The Morgan fingerprint density at radius 1 is 0.913 bits per heavy atom. The van der Waals surface area contributed by atoms with E-state index in [-0.39, 0.29) is 12.1 Å². The third kappa shape index (κ3) is 3.99. The van der Waals surface area contributed by atoms with Crippen LogP contribution in [0.3, 0.4) is 0 Å². The molecule has 0 heterocycles. The van der Waals surface area contributed by atoms with Gasteiger partial charge in [0, 0.05) is 14.9 Å². The third-order valence-electron chi connectivity index (χ3n) is 2.56. The Bertz CT molecular complexity index is 582. The van der Waals surface area contributed by atoms with Gasteiger partial charge in [0.15, 0.2) is 0 Å². The van der Waals surface area contributed by atoms with Crippen molar-refractivity contribution in [3.05, 3.63) is 22.2 Å². The monoisotopic (exact) mass is 437 g/mol. The third-order valence-corrected chi connectivity index (χ3v) is 4.00. The number of thioether (sulfide) groups is 1. The number of alkyl halides is 9. The maximum atomic E-state index is 12.7. The van der Waals surface area contributed by atoms with E-state index in [1.165, 1.54) is 0 Å². The Hall–Kier alpha value is -0.820. The van der Waals surface area contributed by atoms with Gasteiger partial charge in [0.2, 0.25) is 0 Å². The maximum absolute atomic E-state index is 12.7.